The summed E-state index contributed by atoms with van der Waals surface area (Å²) in [6.07, 6.45) is 0.0950. The molecule has 2 amide bonds. The molecule has 1 aromatic heterocycles. The van der Waals surface area contributed by atoms with Crippen molar-refractivity contribution >= 4 is 28.8 Å². The highest BCUT2D eigenvalue weighted by atomic mass is 32.1. The van der Waals surface area contributed by atoms with E-state index in [0.717, 1.165) is 16.9 Å². The van der Waals surface area contributed by atoms with Crippen LogP contribution in [0.3, 0.4) is 0 Å². The summed E-state index contributed by atoms with van der Waals surface area (Å²) in [6, 6.07) is 16.9. The average Bonchev–Trinajstić information content (AvgIpc) is 3.29. The van der Waals surface area contributed by atoms with Crippen molar-refractivity contribution in [1.29, 1.82) is 0 Å². The van der Waals surface area contributed by atoms with Crippen LogP contribution in [0.15, 0.2) is 60.0 Å². The van der Waals surface area contributed by atoms with Gasteiger partial charge in [-0.1, -0.05) is 24.3 Å². The number of amides is 2. The Bertz CT molecular complexity index is 1080. The minimum Gasteiger partial charge on any atom is -0.496 e. The number of para-hydroxylation sites is 1. The van der Waals surface area contributed by atoms with Crippen LogP contribution in [0.1, 0.15) is 27.7 Å². The molecule has 0 unspecified atom stereocenters. The third kappa shape index (κ3) is 4.72. The van der Waals surface area contributed by atoms with E-state index in [1.165, 1.54) is 11.3 Å². The van der Waals surface area contributed by atoms with Gasteiger partial charge in [0.15, 0.2) is 6.10 Å². The Hall–Kier alpha value is -3.32. The number of methoxy groups -OCH3 is 1. The molecule has 1 aliphatic rings. The second-order valence-electron chi connectivity index (χ2n) is 7.34. The molecule has 0 aliphatic carbocycles. The highest BCUT2D eigenvalue weighted by molar-refractivity contribution is 7.12. The van der Waals surface area contributed by atoms with Crippen molar-refractivity contribution in [2.45, 2.75) is 26.0 Å². The second-order valence-corrected chi connectivity index (χ2v) is 8.28. The Kier molecular flexibility index (Phi) is 6.23. The largest absolute Gasteiger partial charge is 0.496 e. The van der Waals surface area contributed by atoms with E-state index in [1.54, 1.807) is 31.1 Å². The number of hydrogen-bond acceptors (Lipinski definition) is 5. The first-order valence-electron chi connectivity index (χ1n) is 10.1. The van der Waals surface area contributed by atoms with Crippen molar-refractivity contribution in [3.63, 3.8) is 0 Å². The van der Waals surface area contributed by atoms with Gasteiger partial charge in [0.05, 0.1) is 12.0 Å². The fourth-order valence-electron chi connectivity index (χ4n) is 3.63. The van der Waals surface area contributed by atoms with Gasteiger partial charge in [-0.25, -0.2) is 0 Å². The summed E-state index contributed by atoms with van der Waals surface area (Å²) >= 11 is 1.39. The van der Waals surface area contributed by atoms with Gasteiger partial charge in [0.25, 0.3) is 11.8 Å². The van der Waals surface area contributed by atoms with E-state index in [9.17, 15) is 9.59 Å². The molecule has 0 spiro atoms. The number of ether oxygens (including phenoxy) is 2. The smallest absolute Gasteiger partial charge is 0.265 e. The average molecular weight is 437 g/mol. The molecule has 1 N–H and O–H groups in total. The number of carbonyl (C=O) groups is 2. The lowest BCUT2D eigenvalue weighted by atomic mass is 10.1. The van der Waals surface area contributed by atoms with Crippen molar-refractivity contribution in [2.24, 2.45) is 0 Å². The number of carbonyl (C=O) groups excluding carboxylic acids is 2. The highest BCUT2D eigenvalue weighted by Gasteiger charge is 2.28. The van der Waals surface area contributed by atoms with Crippen LogP contribution in [0.2, 0.25) is 0 Å². The number of anilines is 1. The lowest BCUT2D eigenvalue weighted by Crippen LogP contribution is -2.39. The van der Waals surface area contributed by atoms with E-state index < -0.39 is 6.10 Å². The predicted molar refractivity (Wildman–Crippen MR) is 121 cm³/mol. The van der Waals surface area contributed by atoms with Crippen LogP contribution >= 0.6 is 11.3 Å². The standard InChI is InChI=1S/C24H24N2O4S/c1-16-24(28)26(12-11-17-6-3-4-7-20(17)29-2)15-18-14-19(9-10-21(18)30-16)25-23(27)22-8-5-13-31-22/h3-10,13-14,16H,11-12,15H2,1-2H3,(H,25,27)/t16-/m1/s1. The van der Waals surface area contributed by atoms with Gasteiger partial charge >= 0.3 is 0 Å². The number of nitrogens with zero attached hydrogens (tertiary/aromatic N) is 1. The summed E-state index contributed by atoms with van der Waals surface area (Å²) in [5.41, 5.74) is 2.59. The fourth-order valence-corrected chi connectivity index (χ4v) is 4.25. The summed E-state index contributed by atoms with van der Waals surface area (Å²) in [5, 5.41) is 4.79. The maximum absolute atomic E-state index is 12.9. The Morgan fingerprint density at radius 1 is 1.23 bits per heavy atom. The van der Waals surface area contributed by atoms with Crippen LogP contribution in [0.5, 0.6) is 11.5 Å². The zero-order valence-electron chi connectivity index (χ0n) is 17.5. The highest BCUT2D eigenvalue weighted by Crippen LogP contribution is 2.29. The molecule has 160 valence electrons. The summed E-state index contributed by atoms with van der Waals surface area (Å²) in [6.45, 7) is 2.72. The third-order valence-electron chi connectivity index (χ3n) is 5.23. The summed E-state index contributed by atoms with van der Waals surface area (Å²) in [5.74, 6) is 1.26. The molecule has 0 bridgehead atoms. The van der Waals surface area contributed by atoms with E-state index in [-0.39, 0.29) is 11.8 Å². The topological polar surface area (TPSA) is 67.9 Å². The van der Waals surface area contributed by atoms with Crippen LogP contribution in [-0.4, -0.2) is 36.5 Å². The maximum Gasteiger partial charge on any atom is 0.265 e. The second kappa shape index (κ2) is 9.22. The molecule has 0 radical (unpaired) electrons. The van der Waals surface area contributed by atoms with Gasteiger partial charge in [-0.2, -0.15) is 0 Å². The molecule has 3 aromatic rings. The molecule has 0 fully saturated rings. The molecule has 0 saturated heterocycles. The molecule has 31 heavy (non-hydrogen) atoms. The number of rotatable bonds is 6. The third-order valence-corrected chi connectivity index (χ3v) is 6.10. The summed E-state index contributed by atoms with van der Waals surface area (Å²) in [4.78, 5) is 27.7. The normalized spacial score (nSPS) is 15.6. The van der Waals surface area contributed by atoms with E-state index in [1.807, 2.05) is 47.8 Å². The van der Waals surface area contributed by atoms with Crippen molar-refractivity contribution in [1.82, 2.24) is 4.90 Å². The van der Waals surface area contributed by atoms with Crippen LogP contribution < -0.4 is 14.8 Å². The first kappa shape index (κ1) is 20.9. The Morgan fingerprint density at radius 2 is 2.06 bits per heavy atom. The van der Waals surface area contributed by atoms with Gasteiger partial charge in [0.2, 0.25) is 0 Å². The van der Waals surface area contributed by atoms with Gasteiger partial charge in [-0.3, -0.25) is 9.59 Å². The SMILES string of the molecule is COc1ccccc1CCN1Cc2cc(NC(=O)c3cccs3)ccc2O[C@H](C)C1=O. The van der Waals surface area contributed by atoms with Crippen molar-refractivity contribution in [3.8, 4) is 11.5 Å². The minimum atomic E-state index is -0.578. The van der Waals surface area contributed by atoms with E-state index in [0.29, 0.717) is 35.8 Å². The van der Waals surface area contributed by atoms with E-state index >= 15 is 0 Å². The Morgan fingerprint density at radius 3 is 2.84 bits per heavy atom. The fraction of sp³-hybridized carbons (Fsp3) is 0.250. The van der Waals surface area contributed by atoms with Crippen LogP contribution in [0.4, 0.5) is 5.69 Å². The lowest BCUT2D eigenvalue weighted by molar-refractivity contribution is -0.137. The number of nitrogens with one attached hydrogen (secondary N) is 1. The molecule has 6 nitrogen and oxygen atoms in total. The lowest BCUT2D eigenvalue weighted by Gasteiger charge is -2.22. The van der Waals surface area contributed by atoms with E-state index in [4.69, 9.17) is 9.47 Å². The van der Waals surface area contributed by atoms with Gasteiger partial charge in [-0.15, -0.1) is 11.3 Å². The predicted octanol–water partition coefficient (Wildman–Crippen LogP) is 4.36. The molecule has 7 heteroatoms. The molecular weight excluding hydrogens is 412 g/mol. The quantitative estimate of drug-likeness (QED) is 0.623. The van der Waals surface area contributed by atoms with Gasteiger partial charge in [0, 0.05) is 24.3 Å². The summed E-state index contributed by atoms with van der Waals surface area (Å²) in [7, 11) is 1.65. The number of benzene rings is 2. The Labute approximate surface area is 185 Å². The number of hydrogen-bond donors (Lipinski definition) is 1. The molecule has 2 aromatic carbocycles. The first-order valence-corrected chi connectivity index (χ1v) is 11.0. The zero-order chi connectivity index (χ0) is 21.8. The van der Waals surface area contributed by atoms with Gasteiger partial charge < -0.3 is 19.7 Å². The van der Waals surface area contributed by atoms with Crippen molar-refractivity contribution in [3.05, 3.63) is 76.0 Å². The molecule has 4 rings (SSSR count). The zero-order valence-corrected chi connectivity index (χ0v) is 18.3. The number of fused-ring (bicyclic) bond motifs is 1. The Balaban J connectivity index is 1.52. The van der Waals surface area contributed by atoms with Crippen LogP contribution in [0.25, 0.3) is 0 Å². The van der Waals surface area contributed by atoms with Crippen LogP contribution in [-0.2, 0) is 17.8 Å². The van der Waals surface area contributed by atoms with Crippen LogP contribution in [0, 0.1) is 0 Å². The van der Waals surface area contributed by atoms with E-state index in [2.05, 4.69) is 5.32 Å². The van der Waals surface area contributed by atoms with Gasteiger partial charge in [-0.05, 0) is 54.6 Å². The molecule has 2 heterocycles. The molecule has 1 aliphatic heterocycles. The molecular formula is C24H24N2O4S. The monoisotopic (exact) mass is 436 g/mol. The first-order chi connectivity index (χ1) is 15.0. The van der Waals surface area contributed by atoms with Crippen molar-refractivity contribution in [2.75, 3.05) is 19.0 Å². The number of thiophene rings is 1. The molecule has 0 saturated carbocycles. The molecule has 1 atom stereocenters. The summed E-state index contributed by atoms with van der Waals surface area (Å²) < 4.78 is 11.3. The van der Waals surface area contributed by atoms with Crippen molar-refractivity contribution < 1.29 is 19.1 Å². The van der Waals surface area contributed by atoms with Gasteiger partial charge in [0.1, 0.15) is 11.5 Å². The minimum absolute atomic E-state index is 0.0599. The maximum atomic E-state index is 12.9.